The summed E-state index contributed by atoms with van der Waals surface area (Å²) in [6, 6.07) is 13.7. The molecule has 1 heterocycles. The van der Waals surface area contributed by atoms with E-state index in [1.54, 1.807) is 0 Å². The van der Waals surface area contributed by atoms with Crippen molar-refractivity contribution in [3.63, 3.8) is 0 Å². The van der Waals surface area contributed by atoms with Gasteiger partial charge in [-0.3, -0.25) is 0 Å². The number of benzene rings is 2. The molecule has 0 bridgehead atoms. The van der Waals surface area contributed by atoms with E-state index >= 15 is 0 Å². The van der Waals surface area contributed by atoms with Crippen LogP contribution in [0.4, 0.5) is 11.4 Å². The molecular weight excluding hydrogens is 428 g/mol. The maximum Gasteiger partial charge on any atom is 0.244 e. The van der Waals surface area contributed by atoms with Crippen LogP contribution in [0.2, 0.25) is 0 Å². The van der Waals surface area contributed by atoms with Crippen molar-refractivity contribution in [3.05, 3.63) is 58.7 Å². The van der Waals surface area contributed by atoms with Crippen LogP contribution in [0.15, 0.2) is 36.4 Å². The fourth-order valence-corrected chi connectivity index (χ4v) is 4.53. The average Bonchev–Trinajstić information content (AvgIpc) is 3.15. The summed E-state index contributed by atoms with van der Waals surface area (Å²) in [6.45, 7) is 20.5. The summed E-state index contributed by atoms with van der Waals surface area (Å²) >= 11 is 0. The van der Waals surface area contributed by atoms with Crippen LogP contribution >= 0.6 is 0 Å². The molecule has 0 radical (unpaired) electrons. The van der Waals surface area contributed by atoms with Crippen LogP contribution < -0.4 is 17.3 Å². The zero-order valence-corrected chi connectivity index (χ0v) is 21.9. The predicted molar refractivity (Wildman–Crippen MR) is 127 cm³/mol. The Kier molecular flexibility index (Phi) is 11.1. The molecule has 0 saturated heterocycles. The third-order valence-corrected chi connectivity index (χ3v) is 6.12. The standard InChI is InChI=1S/C27H39N2.Ar.ClH/c1-18(2)22-11-9-12-23(19(3)4)26(22)28-15-16-29(17-28)27-24(20(5)6)13-10-14-25(27)21(7)8;;/h9-14,17-21H,15-16H2,1-8H3;;1H/q+1;;/p-1. The van der Waals surface area contributed by atoms with Gasteiger partial charge in [-0.1, -0.05) is 91.8 Å². The molecule has 0 aliphatic carbocycles. The van der Waals surface area contributed by atoms with E-state index in [1.807, 2.05) is 0 Å². The number of rotatable bonds is 6. The molecule has 0 unspecified atom stereocenters. The van der Waals surface area contributed by atoms with Crippen LogP contribution in [0.5, 0.6) is 0 Å². The predicted octanol–water partition coefficient (Wildman–Crippen LogP) is 4.38. The number of para-hydroxylation sites is 2. The third kappa shape index (κ3) is 6.08. The molecule has 0 N–H and O–H groups in total. The molecule has 4 heteroatoms. The summed E-state index contributed by atoms with van der Waals surface area (Å²) in [5.41, 5.74) is 8.67. The SMILES string of the molecule is CC(C)c1cccc(C(C)C)c1N1C=[N+](c2c(C(C)C)cccc2C(C)C)CC1.[Ar].[Cl-]. The van der Waals surface area contributed by atoms with Gasteiger partial charge in [-0.15, -0.1) is 0 Å². The van der Waals surface area contributed by atoms with Crippen LogP contribution in [-0.4, -0.2) is 24.0 Å². The maximum atomic E-state index is 2.51. The van der Waals surface area contributed by atoms with Gasteiger partial charge in [0.15, 0.2) is 0 Å². The Morgan fingerprint density at radius 1 is 0.677 bits per heavy atom. The maximum absolute atomic E-state index is 2.51. The van der Waals surface area contributed by atoms with Crippen molar-refractivity contribution in [2.75, 3.05) is 18.0 Å². The van der Waals surface area contributed by atoms with E-state index in [2.05, 4.69) is 108 Å². The Balaban J connectivity index is 0.00000240. The smallest absolute Gasteiger partial charge is 0.244 e. The van der Waals surface area contributed by atoms with Crippen LogP contribution in [0.3, 0.4) is 0 Å². The minimum atomic E-state index is 0. The van der Waals surface area contributed by atoms with Crippen LogP contribution in [0.25, 0.3) is 0 Å². The second kappa shape index (κ2) is 12.1. The summed E-state index contributed by atoms with van der Waals surface area (Å²) < 4.78 is 2.51. The molecule has 2 nitrogen and oxygen atoms in total. The van der Waals surface area contributed by atoms with E-state index in [9.17, 15) is 0 Å². The second-order valence-electron chi connectivity index (χ2n) is 9.69. The molecule has 0 fully saturated rings. The Hall–Kier alpha value is -0.540. The van der Waals surface area contributed by atoms with Crippen molar-refractivity contribution >= 4 is 17.7 Å². The van der Waals surface area contributed by atoms with Gasteiger partial charge < -0.3 is 12.4 Å². The minimum Gasteiger partial charge on any atom is -1.00 e. The second-order valence-corrected chi connectivity index (χ2v) is 9.69. The molecule has 0 spiro atoms. The Labute approximate surface area is 226 Å². The molecule has 0 aromatic heterocycles. The summed E-state index contributed by atoms with van der Waals surface area (Å²) in [5, 5.41) is 0. The molecule has 3 rings (SSSR count). The van der Waals surface area contributed by atoms with Crippen molar-refractivity contribution in [1.82, 2.24) is 0 Å². The largest absolute Gasteiger partial charge is 1.00 e. The van der Waals surface area contributed by atoms with Gasteiger partial charge in [0.1, 0.15) is 24.5 Å². The first-order valence-electron chi connectivity index (χ1n) is 11.4. The number of hydrogen-bond acceptors (Lipinski definition) is 1. The molecule has 1 aliphatic heterocycles. The zero-order valence-electron chi connectivity index (χ0n) is 20.4. The molecule has 0 saturated carbocycles. The minimum absolute atomic E-state index is 0. The third-order valence-electron chi connectivity index (χ3n) is 6.12. The Morgan fingerprint density at radius 2 is 1.06 bits per heavy atom. The van der Waals surface area contributed by atoms with Gasteiger partial charge in [0, 0.05) is 60.0 Å². The van der Waals surface area contributed by atoms with Crippen LogP contribution in [0.1, 0.15) is 101 Å². The van der Waals surface area contributed by atoms with Gasteiger partial charge in [0.2, 0.25) is 6.34 Å². The van der Waals surface area contributed by atoms with Gasteiger partial charge in [-0.25, -0.2) is 9.48 Å². The number of nitrogens with zero attached hydrogens (tertiary/aromatic N) is 2. The fourth-order valence-electron chi connectivity index (χ4n) is 4.53. The van der Waals surface area contributed by atoms with Crippen LogP contribution in [0, 0.1) is 37.7 Å². The van der Waals surface area contributed by atoms with Gasteiger partial charge in [-0.05, 0) is 23.7 Å². The average molecular weight is 467 g/mol. The summed E-state index contributed by atoms with van der Waals surface area (Å²) in [5.74, 6) is 2.06. The quantitative estimate of drug-likeness (QED) is 0.573. The van der Waals surface area contributed by atoms with Crippen molar-refractivity contribution in [1.29, 1.82) is 0 Å². The Bertz CT molecular complexity index is 848. The van der Waals surface area contributed by atoms with Crippen molar-refractivity contribution < 1.29 is 54.7 Å². The first-order chi connectivity index (χ1) is 13.7. The van der Waals surface area contributed by atoms with Gasteiger partial charge >= 0.3 is 0 Å². The fraction of sp³-hybridized carbons (Fsp3) is 0.519. The van der Waals surface area contributed by atoms with Crippen molar-refractivity contribution in [2.24, 2.45) is 0 Å². The van der Waals surface area contributed by atoms with E-state index in [0.717, 1.165) is 13.1 Å². The number of halogens is 1. The molecule has 2 aromatic rings. The summed E-state index contributed by atoms with van der Waals surface area (Å²) in [4.78, 5) is 2.51. The van der Waals surface area contributed by atoms with Crippen molar-refractivity contribution in [2.45, 2.75) is 79.1 Å². The van der Waals surface area contributed by atoms with Gasteiger partial charge in [-0.2, -0.15) is 0 Å². The van der Waals surface area contributed by atoms with E-state index in [1.165, 1.54) is 33.6 Å². The molecule has 0 atom stereocenters. The van der Waals surface area contributed by atoms with E-state index in [0.29, 0.717) is 23.7 Å². The first kappa shape index (κ1) is 28.5. The summed E-state index contributed by atoms with van der Waals surface area (Å²) in [7, 11) is 0. The summed E-state index contributed by atoms with van der Waals surface area (Å²) in [6.07, 6.45) is 2.38. The van der Waals surface area contributed by atoms with E-state index < -0.39 is 0 Å². The molecular formula is C27H39ArClN2. The van der Waals surface area contributed by atoms with Gasteiger partial charge in [0.05, 0.1) is 0 Å². The normalized spacial score (nSPS) is 13.7. The monoisotopic (exact) mass is 466 g/mol. The zero-order chi connectivity index (χ0) is 21.3. The molecule has 2 aromatic carbocycles. The Morgan fingerprint density at radius 3 is 1.45 bits per heavy atom. The molecule has 31 heavy (non-hydrogen) atoms. The first-order valence-corrected chi connectivity index (χ1v) is 11.4. The molecule has 0 amide bonds. The van der Waals surface area contributed by atoms with Crippen LogP contribution in [-0.2, 0) is 0 Å². The molecule has 172 valence electrons. The van der Waals surface area contributed by atoms with Crippen molar-refractivity contribution in [3.8, 4) is 0 Å². The topological polar surface area (TPSA) is 6.25 Å². The van der Waals surface area contributed by atoms with E-state index in [-0.39, 0.29) is 50.1 Å². The number of hydrogen-bond donors (Lipinski definition) is 0. The number of anilines is 1. The van der Waals surface area contributed by atoms with E-state index in [4.69, 9.17) is 0 Å². The molecule has 1 aliphatic rings. The van der Waals surface area contributed by atoms with Gasteiger partial charge in [0.25, 0.3) is 0 Å².